The van der Waals surface area contributed by atoms with Gasteiger partial charge in [-0.3, -0.25) is 4.79 Å². The molecule has 28 heavy (non-hydrogen) atoms. The van der Waals surface area contributed by atoms with Gasteiger partial charge in [-0.25, -0.2) is 14.2 Å². The summed E-state index contributed by atoms with van der Waals surface area (Å²) in [5.74, 6) is -1.24. The Morgan fingerprint density at radius 3 is 2.75 bits per heavy atom. The Bertz CT molecular complexity index is 911. The maximum Gasteiger partial charge on any atom is 0.338 e. The van der Waals surface area contributed by atoms with E-state index in [9.17, 15) is 14.0 Å². The molecule has 2 aromatic rings. The molecule has 1 aromatic carbocycles. The van der Waals surface area contributed by atoms with E-state index in [1.54, 1.807) is 13.8 Å². The predicted octanol–water partition coefficient (Wildman–Crippen LogP) is 3.08. The predicted molar refractivity (Wildman–Crippen MR) is 101 cm³/mol. The summed E-state index contributed by atoms with van der Waals surface area (Å²) in [6, 6.07) is 7.08. The average Bonchev–Trinajstić information content (AvgIpc) is 3.12. The van der Waals surface area contributed by atoms with E-state index in [0.29, 0.717) is 5.56 Å². The summed E-state index contributed by atoms with van der Waals surface area (Å²) in [4.78, 5) is 29.3. The van der Waals surface area contributed by atoms with E-state index in [0.717, 1.165) is 36.6 Å². The smallest absolute Gasteiger partial charge is 0.338 e. The van der Waals surface area contributed by atoms with E-state index in [4.69, 9.17) is 9.47 Å². The van der Waals surface area contributed by atoms with Gasteiger partial charge in [0.05, 0.1) is 18.2 Å². The number of hydrogen-bond acceptors (Lipinski definition) is 5. The van der Waals surface area contributed by atoms with E-state index in [1.165, 1.54) is 25.3 Å². The molecule has 1 aliphatic carbocycles. The largest absolute Gasteiger partial charge is 0.480 e. The van der Waals surface area contributed by atoms with Gasteiger partial charge in [-0.15, -0.1) is 0 Å². The van der Waals surface area contributed by atoms with Gasteiger partial charge >= 0.3 is 5.97 Å². The van der Waals surface area contributed by atoms with Gasteiger partial charge in [-0.05, 0) is 62.9 Å². The van der Waals surface area contributed by atoms with Gasteiger partial charge in [-0.2, -0.15) is 0 Å². The van der Waals surface area contributed by atoms with Gasteiger partial charge in [-0.1, -0.05) is 6.07 Å². The van der Waals surface area contributed by atoms with Crippen molar-refractivity contribution in [2.24, 2.45) is 0 Å². The lowest BCUT2D eigenvalue weighted by Gasteiger charge is -2.26. The number of fused-ring (bicyclic) bond motifs is 1. The van der Waals surface area contributed by atoms with Gasteiger partial charge < -0.3 is 14.8 Å². The number of esters is 1. The van der Waals surface area contributed by atoms with Crippen molar-refractivity contribution in [2.75, 3.05) is 13.7 Å². The number of halogens is 1. The second-order valence-corrected chi connectivity index (χ2v) is 7.43. The quantitative estimate of drug-likeness (QED) is 0.772. The first-order chi connectivity index (χ1) is 13.3. The number of aryl methyl sites for hydroxylation is 2. The number of nitrogens with one attached hydrogen (secondary N) is 1. The van der Waals surface area contributed by atoms with Crippen molar-refractivity contribution in [1.82, 2.24) is 10.3 Å². The van der Waals surface area contributed by atoms with Crippen molar-refractivity contribution in [1.29, 1.82) is 0 Å². The van der Waals surface area contributed by atoms with Crippen molar-refractivity contribution in [2.45, 2.75) is 38.6 Å². The standard InChI is InChI=1S/C21H23FN2O4/c1-21(2,12-28-20(26)14-7-4-8-15(22)10-14)24-18(25)16-11-13-6-5-9-17(13)23-19(16)27-3/h4,7-8,10-11H,5-6,9,12H2,1-3H3,(H,24,25). The molecule has 0 unspecified atom stereocenters. The number of benzene rings is 1. The molecule has 0 saturated heterocycles. The Hall–Kier alpha value is -2.96. The number of amides is 1. The Balaban J connectivity index is 1.67. The number of carbonyl (C=O) groups excluding carboxylic acids is 2. The van der Waals surface area contributed by atoms with Crippen molar-refractivity contribution in [3.63, 3.8) is 0 Å². The molecule has 1 aliphatic rings. The van der Waals surface area contributed by atoms with Crippen LogP contribution in [-0.4, -0.2) is 36.1 Å². The molecular formula is C21H23FN2O4. The third-order valence-corrected chi connectivity index (χ3v) is 4.53. The number of hydrogen-bond donors (Lipinski definition) is 1. The second-order valence-electron chi connectivity index (χ2n) is 7.43. The van der Waals surface area contributed by atoms with Crippen LogP contribution >= 0.6 is 0 Å². The Kier molecular flexibility index (Phi) is 5.63. The molecule has 3 rings (SSSR count). The van der Waals surface area contributed by atoms with E-state index >= 15 is 0 Å². The highest BCUT2D eigenvalue weighted by atomic mass is 19.1. The first-order valence-corrected chi connectivity index (χ1v) is 9.11. The molecule has 7 heteroatoms. The van der Waals surface area contributed by atoms with Crippen LogP contribution in [-0.2, 0) is 17.6 Å². The number of nitrogens with zero attached hydrogens (tertiary/aromatic N) is 1. The van der Waals surface area contributed by atoms with Gasteiger partial charge in [0.25, 0.3) is 5.91 Å². The minimum atomic E-state index is -0.843. The molecule has 0 atom stereocenters. The SMILES string of the molecule is COc1nc2c(cc1C(=O)NC(C)(C)COC(=O)c1cccc(F)c1)CCC2. The Labute approximate surface area is 163 Å². The second kappa shape index (κ2) is 7.96. The summed E-state index contributed by atoms with van der Waals surface area (Å²) in [7, 11) is 1.48. The lowest BCUT2D eigenvalue weighted by atomic mass is 10.1. The molecule has 1 N–H and O–H groups in total. The minimum Gasteiger partial charge on any atom is -0.480 e. The average molecular weight is 386 g/mol. The number of rotatable bonds is 6. The fourth-order valence-electron chi connectivity index (χ4n) is 3.13. The van der Waals surface area contributed by atoms with Gasteiger partial charge in [0.2, 0.25) is 5.88 Å². The van der Waals surface area contributed by atoms with Crippen LogP contribution in [0.1, 0.15) is 52.2 Å². The van der Waals surface area contributed by atoms with E-state index in [-0.39, 0.29) is 24.0 Å². The van der Waals surface area contributed by atoms with Crippen LogP contribution in [0.4, 0.5) is 4.39 Å². The van der Waals surface area contributed by atoms with E-state index < -0.39 is 17.3 Å². The number of aromatic nitrogens is 1. The van der Waals surface area contributed by atoms with E-state index in [1.807, 2.05) is 6.07 Å². The number of pyridine rings is 1. The molecule has 1 heterocycles. The topological polar surface area (TPSA) is 77.5 Å². The zero-order chi connectivity index (χ0) is 20.3. The summed E-state index contributed by atoms with van der Waals surface area (Å²) in [5.41, 5.74) is 1.65. The minimum absolute atomic E-state index is 0.0746. The first kappa shape index (κ1) is 19.8. The van der Waals surface area contributed by atoms with Crippen LogP contribution in [0.2, 0.25) is 0 Å². The number of carbonyl (C=O) groups is 2. The Morgan fingerprint density at radius 1 is 1.25 bits per heavy atom. The lowest BCUT2D eigenvalue weighted by Crippen LogP contribution is -2.47. The highest BCUT2D eigenvalue weighted by Crippen LogP contribution is 2.26. The van der Waals surface area contributed by atoms with Crippen molar-refractivity contribution >= 4 is 11.9 Å². The summed E-state index contributed by atoms with van der Waals surface area (Å²) in [6.45, 7) is 3.39. The van der Waals surface area contributed by atoms with Crippen LogP contribution < -0.4 is 10.1 Å². The van der Waals surface area contributed by atoms with Gasteiger partial charge in [0, 0.05) is 5.69 Å². The van der Waals surface area contributed by atoms with Gasteiger partial charge in [0.15, 0.2) is 0 Å². The molecule has 6 nitrogen and oxygen atoms in total. The summed E-state index contributed by atoms with van der Waals surface area (Å²) < 4.78 is 23.8. The van der Waals surface area contributed by atoms with Gasteiger partial charge in [0.1, 0.15) is 18.0 Å². The fraction of sp³-hybridized carbons (Fsp3) is 0.381. The highest BCUT2D eigenvalue weighted by Gasteiger charge is 2.27. The van der Waals surface area contributed by atoms with E-state index in [2.05, 4.69) is 10.3 Å². The van der Waals surface area contributed by atoms with Crippen LogP contribution in [0.15, 0.2) is 30.3 Å². The maximum absolute atomic E-state index is 13.2. The molecule has 1 amide bonds. The molecule has 0 saturated carbocycles. The third-order valence-electron chi connectivity index (χ3n) is 4.53. The number of ether oxygens (including phenoxy) is 2. The number of methoxy groups -OCH3 is 1. The highest BCUT2D eigenvalue weighted by molar-refractivity contribution is 5.97. The molecule has 148 valence electrons. The van der Waals surface area contributed by atoms with Crippen molar-refractivity contribution in [3.05, 3.63) is 58.5 Å². The Morgan fingerprint density at radius 2 is 2.04 bits per heavy atom. The normalized spacial score (nSPS) is 13.0. The summed E-state index contributed by atoms with van der Waals surface area (Å²) in [5, 5.41) is 2.85. The molecule has 0 aliphatic heterocycles. The van der Waals surface area contributed by atoms with Crippen LogP contribution in [0, 0.1) is 5.82 Å². The van der Waals surface area contributed by atoms with Crippen LogP contribution in [0.5, 0.6) is 5.88 Å². The zero-order valence-electron chi connectivity index (χ0n) is 16.2. The molecule has 0 radical (unpaired) electrons. The molecule has 0 fully saturated rings. The zero-order valence-corrected chi connectivity index (χ0v) is 16.2. The van der Waals surface area contributed by atoms with Crippen molar-refractivity contribution < 1.29 is 23.5 Å². The molecule has 1 aromatic heterocycles. The molecule has 0 spiro atoms. The molecular weight excluding hydrogens is 363 g/mol. The van der Waals surface area contributed by atoms with Crippen molar-refractivity contribution in [3.8, 4) is 5.88 Å². The third kappa shape index (κ3) is 4.47. The summed E-state index contributed by atoms with van der Waals surface area (Å²) >= 11 is 0. The fourth-order valence-corrected chi connectivity index (χ4v) is 3.13. The monoisotopic (exact) mass is 386 g/mol. The lowest BCUT2D eigenvalue weighted by molar-refractivity contribution is 0.0389. The van der Waals surface area contributed by atoms with Crippen LogP contribution in [0.25, 0.3) is 0 Å². The first-order valence-electron chi connectivity index (χ1n) is 9.11. The summed E-state index contributed by atoms with van der Waals surface area (Å²) in [6.07, 6.45) is 2.79. The molecule has 0 bridgehead atoms. The maximum atomic E-state index is 13.2. The van der Waals surface area contributed by atoms with Crippen LogP contribution in [0.3, 0.4) is 0 Å².